The van der Waals surface area contributed by atoms with Crippen molar-refractivity contribution in [3.63, 3.8) is 0 Å². The molecule has 0 N–H and O–H groups in total. The molecule has 32 heavy (non-hydrogen) atoms. The molecule has 11 atom stereocenters. The molecule has 3 heteroatoms. The van der Waals surface area contributed by atoms with Crippen molar-refractivity contribution in [3.05, 3.63) is 0 Å². The second kappa shape index (κ2) is 8.58. The first-order valence-electron chi connectivity index (χ1n) is 14.0. The standard InChI is InChI=1S/C29H48O3/c1-18-6-11-27(31-17-18)19(2)24-9-10-25-23-8-7-21-16-22(32-20(3)30)12-14-28(21,4)26(23)13-15-29(24,25)5/h18-19,21-27H,6-17H2,1-5H3/t18?,19-,21?,22-,23-,24+,25-,26-,27?,28-,29+/m0/s1. The number of carbonyl (C=O) groups is 1. The lowest BCUT2D eigenvalue weighted by Crippen LogP contribution is -2.54. The summed E-state index contributed by atoms with van der Waals surface area (Å²) in [5, 5.41) is 0. The number of ether oxygens (including phenoxy) is 2. The molecule has 1 heterocycles. The Labute approximate surface area is 196 Å². The van der Waals surface area contributed by atoms with E-state index in [1.807, 2.05) is 0 Å². The fraction of sp³-hybridized carbons (Fsp3) is 0.966. The Bertz CT molecular complexity index is 697. The molecule has 3 nitrogen and oxygen atoms in total. The maximum Gasteiger partial charge on any atom is 0.302 e. The zero-order valence-electron chi connectivity index (χ0n) is 21.4. The molecule has 0 radical (unpaired) electrons. The summed E-state index contributed by atoms with van der Waals surface area (Å²) in [6.45, 7) is 12.7. The minimum atomic E-state index is -0.0942. The summed E-state index contributed by atoms with van der Waals surface area (Å²) in [4.78, 5) is 11.5. The Kier molecular flexibility index (Phi) is 6.22. The van der Waals surface area contributed by atoms with Crippen LogP contribution in [0.4, 0.5) is 0 Å². The van der Waals surface area contributed by atoms with Gasteiger partial charge >= 0.3 is 5.97 Å². The van der Waals surface area contributed by atoms with E-state index in [0.717, 1.165) is 55.0 Å². The maximum absolute atomic E-state index is 11.5. The summed E-state index contributed by atoms with van der Waals surface area (Å²) in [5.41, 5.74) is 0.984. The van der Waals surface area contributed by atoms with Crippen molar-refractivity contribution in [2.45, 2.75) is 117 Å². The van der Waals surface area contributed by atoms with E-state index in [4.69, 9.17) is 9.47 Å². The highest BCUT2D eigenvalue weighted by Gasteiger charge is 2.61. The van der Waals surface area contributed by atoms with Gasteiger partial charge in [0, 0.05) is 13.5 Å². The van der Waals surface area contributed by atoms with E-state index in [0.29, 0.717) is 22.9 Å². The lowest BCUT2D eigenvalue weighted by atomic mass is 9.44. The normalized spacial score (nSPS) is 51.8. The van der Waals surface area contributed by atoms with Crippen molar-refractivity contribution in [2.75, 3.05) is 6.61 Å². The minimum Gasteiger partial charge on any atom is -0.463 e. The Morgan fingerprint density at radius 1 is 0.938 bits per heavy atom. The summed E-state index contributed by atoms with van der Waals surface area (Å²) in [7, 11) is 0. The van der Waals surface area contributed by atoms with Gasteiger partial charge in [-0.15, -0.1) is 0 Å². The molecule has 0 bridgehead atoms. The quantitative estimate of drug-likeness (QED) is 0.438. The first kappa shape index (κ1) is 23.2. The van der Waals surface area contributed by atoms with Crippen LogP contribution in [0.2, 0.25) is 0 Å². The molecule has 5 aliphatic rings. The van der Waals surface area contributed by atoms with Crippen LogP contribution < -0.4 is 0 Å². The van der Waals surface area contributed by atoms with Gasteiger partial charge in [0.25, 0.3) is 0 Å². The Morgan fingerprint density at radius 2 is 1.69 bits per heavy atom. The van der Waals surface area contributed by atoms with Crippen molar-refractivity contribution in [1.29, 1.82) is 0 Å². The summed E-state index contributed by atoms with van der Waals surface area (Å²) in [6.07, 6.45) is 15.2. The van der Waals surface area contributed by atoms with Gasteiger partial charge in [0.1, 0.15) is 6.10 Å². The molecule has 5 rings (SSSR count). The zero-order chi connectivity index (χ0) is 22.7. The predicted molar refractivity (Wildman–Crippen MR) is 128 cm³/mol. The molecule has 1 saturated heterocycles. The van der Waals surface area contributed by atoms with Gasteiger partial charge in [-0.1, -0.05) is 27.7 Å². The van der Waals surface area contributed by atoms with E-state index in [1.54, 1.807) is 6.92 Å². The molecule has 1 aliphatic heterocycles. The smallest absolute Gasteiger partial charge is 0.302 e. The Morgan fingerprint density at radius 3 is 2.41 bits per heavy atom. The molecule has 182 valence electrons. The lowest BCUT2D eigenvalue weighted by molar-refractivity contribution is -0.161. The Hall–Kier alpha value is -0.570. The lowest BCUT2D eigenvalue weighted by Gasteiger charge is -2.61. The SMILES string of the molecule is CC(=O)O[C@H]1CC[C@@]2(C)C(CC[C@H]3[C@@H]4CC[C@H]([C@H](C)C5CCC(C)CO5)[C@@]4(C)CC[C@@H]32)C1. The van der Waals surface area contributed by atoms with Crippen molar-refractivity contribution < 1.29 is 14.3 Å². The van der Waals surface area contributed by atoms with Gasteiger partial charge in [0.2, 0.25) is 0 Å². The van der Waals surface area contributed by atoms with Gasteiger partial charge in [-0.2, -0.15) is 0 Å². The van der Waals surface area contributed by atoms with Gasteiger partial charge in [-0.05, 0) is 123 Å². The molecule has 4 aliphatic carbocycles. The van der Waals surface area contributed by atoms with Crippen LogP contribution in [0.25, 0.3) is 0 Å². The Balaban J connectivity index is 1.29. The van der Waals surface area contributed by atoms with Crippen molar-refractivity contribution in [2.24, 2.45) is 52.3 Å². The summed E-state index contributed by atoms with van der Waals surface area (Å²) < 4.78 is 12.0. The maximum atomic E-state index is 11.5. The van der Waals surface area contributed by atoms with E-state index >= 15 is 0 Å². The summed E-state index contributed by atoms with van der Waals surface area (Å²) in [6, 6.07) is 0. The van der Waals surface area contributed by atoms with Crippen LogP contribution in [0.15, 0.2) is 0 Å². The van der Waals surface area contributed by atoms with E-state index in [2.05, 4.69) is 27.7 Å². The number of hydrogen-bond donors (Lipinski definition) is 0. The fourth-order valence-corrected chi connectivity index (χ4v) is 10.0. The van der Waals surface area contributed by atoms with Crippen LogP contribution in [-0.2, 0) is 14.3 Å². The van der Waals surface area contributed by atoms with Crippen molar-refractivity contribution >= 4 is 5.97 Å². The van der Waals surface area contributed by atoms with Gasteiger partial charge in [-0.25, -0.2) is 0 Å². The summed E-state index contributed by atoms with van der Waals surface area (Å²) >= 11 is 0. The molecular weight excluding hydrogens is 396 g/mol. The fourth-order valence-electron chi connectivity index (χ4n) is 10.0. The number of fused-ring (bicyclic) bond motifs is 5. The van der Waals surface area contributed by atoms with Crippen LogP contribution in [0, 0.1) is 52.3 Å². The highest BCUT2D eigenvalue weighted by molar-refractivity contribution is 5.66. The van der Waals surface area contributed by atoms with Crippen LogP contribution in [0.3, 0.4) is 0 Å². The monoisotopic (exact) mass is 444 g/mol. The van der Waals surface area contributed by atoms with Crippen LogP contribution in [-0.4, -0.2) is 24.8 Å². The van der Waals surface area contributed by atoms with Crippen molar-refractivity contribution in [1.82, 2.24) is 0 Å². The molecule has 0 spiro atoms. The number of esters is 1. The molecule has 0 aromatic heterocycles. The number of rotatable bonds is 3. The molecule has 3 unspecified atom stereocenters. The van der Waals surface area contributed by atoms with Gasteiger partial charge in [-0.3, -0.25) is 4.79 Å². The van der Waals surface area contributed by atoms with E-state index in [1.165, 1.54) is 57.8 Å². The van der Waals surface area contributed by atoms with Crippen molar-refractivity contribution in [3.8, 4) is 0 Å². The molecule has 5 fully saturated rings. The van der Waals surface area contributed by atoms with E-state index in [-0.39, 0.29) is 12.1 Å². The molecule has 0 aromatic carbocycles. The van der Waals surface area contributed by atoms with Gasteiger partial charge in [0.05, 0.1) is 6.10 Å². The molecule has 4 saturated carbocycles. The van der Waals surface area contributed by atoms with Crippen LogP contribution >= 0.6 is 0 Å². The second-order valence-corrected chi connectivity index (χ2v) is 13.3. The first-order chi connectivity index (χ1) is 15.2. The predicted octanol–water partition coefficient (Wildman–Crippen LogP) is 7.03. The highest BCUT2D eigenvalue weighted by Crippen LogP contribution is 2.68. The summed E-state index contributed by atoms with van der Waals surface area (Å²) in [5.74, 6) is 5.68. The van der Waals surface area contributed by atoms with Gasteiger partial charge < -0.3 is 9.47 Å². The third-order valence-corrected chi connectivity index (χ3v) is 11.8. The number of carbonyl (C=O) groups excluding carboxylic acids is 1. The number of hydrogen-bond acceptors (Lipinski definition) is 3. The minimum absolute atomic E-state index is 0.0942. The third-order valence-electron chi connectivity index (χ3n) is 11.8. The highest BCUT2D eigenvalue weighted by atomic mass is 16.5. The zero-order valence-corrected chi connectivity index (χ0v) is 21.4. The molecular formula is C29H48O3. The molecule has 0 amide bonds. The second-order valence-electron chi connectivity index (χ2n) is 13.3. The molecule has 0 aromatic rings. The van der Waals surface area contributed by atoms with Crippen LogP contribution in [0.1, 0.15) is 105 Å². The third kappa shape index (κ3) is 3.77. The average molecular weight is 445 g/mol. The van der Waals surface area contributed by atoms with Crippen LogP contribution in [0.5, 0.6) is 0 Å². The first-order valence-corrected chi connectivity index (χ1v) is 14.0. The largest absolute Gasteiger partial charge is 0.463 e. The van der Waals surface area contributed by atoms with Gasteiger partial charge in [0.15, 0.2) is 0 Å². The average Bonchev–Trinajstić information content (AvgIpc) is 3.11. The topological polar surface area (TPSA) is 35.5 Å². The van der Waals surface area contributed by atoms with E-state index < -0.39 is 0 Å². The van der Waals surface area contributed by atoms with E-state index in [9.17, 15) is 4.79 Å².